The second-order valence-corrected chi connectivity index (χ2v) is 8.46. The highest BCUT2D eigenvalue weighted by molar-refractivity contribution is 6.01. The molecule has 146 valence electrons. The fourth-order valence-corrected chi connectivity index (χ4v) is 4.82. The number of benzene rings is 1. The molecule has 1 atom stereocenters. The predicted molar refractivity (Wildman–Crippen MR) is 102 cm³/mol. The van der Waals surface area contributed by atoms with Crippen LogP contribution >= 0.6 is 0 Å². The smallest absolute Gasteiger partial charge is 0.250 e. The lowest BCUT2D eigenvalue weighted by atomic mass is 9.93. The highest BCUT2D eigenvalue weighted by Crippen LogP contribution is 2.41. The lowest BCUT2D eigenvalue weighted by Crippen LogP contribution is -2.55. The number of carbonyl (C=O) groups excluding carboxylic acids is 2. The van der Waals surface area contributed by atoms with Gasteiger partial charge in [-0.05, 0) is 43.2 Å². The van der Waals surface area contributed by atoms with E-state index in [-0.39, 0.29) is 18.6 Å². The molecular weight excluding hydrogens is 344 g/mol. The van der Waals surface area contributed by atoms with Crippen molar-refractivity contribution >= 4 is 17.5 Å². The van der Waals surface area contributed by atoms with E-state index in [9.17, 15) is 9.59 Å². The van der Waals surface area contributed by atoms with Gasteiger partial charge in [0.05, 0.1) is 0 Å². The molecule has 1 aliphatic carbocycles. The third-order valence-electron chi connectivity index (χ3n) is 6.01. The van der Waals surface area contributed by atoms with E-state index in [0.717, 1.165) is 32.1 Å². The number of likely N-dealkylation sites (tertiary alicyclic amines) is 1. The van der Waals surface area contributed by atoms with Crippen molar-refractivity contribution < 1.29 is 19.1 Å². The highest BCUT2D eigenvalue weighted by atomic mass is 16.7. The third kappa shape index (κ3) is 3.37. The minimum atomic E-state index is -0.709. The van der Waals surface area contributed by atoms with Crippen LogP contribution in [-0.2, 0) is 9.59 Å². The van der Waals surface area contributed by atoms with Crippen molar-refractivity contribution in [1.82, 2.24) is 4.90 Å². The first kappa shape index (κ1) is 18.1. The number of hydrogen-bond acceptors (Lipinski definition) is 4. The Morgan fingerprint density at radius 3 is 2.74 bits per heavy atom. The Bertz CT molecular complexity index is 740. The largest absolute Gasteiger partial charge is 0.454 e. The van der Waals surface area contributed by atoms with E-state index in [0.29, 0.717) is 42.0 Å². The van der Waals surface area contributed by atoms with Crippen molar-refractivity contribution in [3.05, 3.63) is 18.2 Å². The first-order chi connectivity index (χ1) is 13.0. The van der Waals surface area contributed by atoms with Crippen molar-refractivity contribution in [2.75, 3.05) is 18.7 Å². The number of amides is 2. The molecule has 1 unspecified atom stereocenters. The second kappa shape index (κ2) is 7.06. The van der Waals surface area contributed by atoms with Gasteiger partial charge in [-0.25, -0.2) is 0 Å². The lowest BCUT2D eigenvalue weighted by molar-refractivity contribution is -0.141. The van der Waals surface area contributed by atoms with Crippen LogP contribution in [0.5, 0.6) is 11.5 Å². The first-order valence-corrected chi connectivity index (χ1v) is 9.99. The second-order valence-electron chi connectivity index (χ2n) is 8.46. The van der Waals surface area contributed by atoms with Crippen LogP contribution in [0, 0.1) is 11.8 Å². The molecule has 1 saturated heterocycles. The number of ether oxygens (including phenoxy) is 2. The zero-order valence-corrected chi connectivity index (χ0v) is 16.1. The molecule has 2 aliphatic heterocycles. The van der Waals surface area contributed by atoms with Crippen LogP contribution in [-0.4, -0.2) is 35.6 Å². The minimum absolute atomic E-state index is 0.0718. The summed E-state index contributed by atoms with van der Waals surface area (Å²) in [7, 11) is 0. The van der Waals surface area contributed by atoms with Crippen LogP contribution < -0.4 is 14.8 Å². The molecule has 2 amide bonds. The quantitative estimate of drug-likeness (QED) is 0.858. The van der Waals surface area contributed by atoms with Crippen molar-refractivity contribution in [2.45, 2.75) is 57.9 Å². The zero-order valence-electron chi connectivity index (χ0n) is 16.1. The van der Waals surface area contributed by atoms with Gasteiger partial charge in [0.2, 0.25) is 18.6 Å². The van der Waals surface area contributed by atoms with Gasteiger partial charge in [-0.2, -0.15) is 0 Å². The lowest BCUT2D eigenvalue weighted by Gasteiger charge is -2.37. The van der Waals surface area contributed by atoms with Gasteiger partial charge >= 0.3 is 0 Å². The van der Waals surface area contributed by atoms with Gasteiger partial charge in [0.1, 0.15) is 5.54 Å². The van der Waals surface area contributed by atoms with Crippen molar-refractivity contribution in [2.24, 2.45) is 11.8 Å². The van der Waals surface area contributed by atoms with Crippen LogP contribution in [0.25, 0.3) is 0 Å². The molecule has 2 heterocycles. The summed E-state index contributed by atoms with van der Waals surface area (Å²) in [6, 6.07) is 5.41. The van der Waals surface area contributed by atoms with E-state index in [1.165, 1.54) is 0 Å². The topological polar surface area (TPSA) is 67.9 Å². The number of rotatable bonds is 5. The molecule has 2 fully saturated rings. The normalized spacial score (nSPS) is 23.3. The molecule has 1 saturated carbocycles. The predicted octanol–water partition coefficient (Wildman–Crippen LogP) is 3.56. The molecule has 0 bridgehead atoms. The van der Waals surface area contributed by atoms with E-state index < -0.39 is 5.54 Å². The standard InChI is InChI=1S/C21H28N2O4/c1-14(2)9-15-10-19(24)23(12-15)21(7-3-4-8-21)20(25)22-16-5-6-17-18(11-16)27-13-26-17/h5-6,11,14-15H,3-4,7-10,12-13H2,1-2H3,(H,22,25). The fraction of sp³-hybridized carbons (Fsp3) is 0.619. The van der Waals surface area contributed by atoms with Crippen molar-refractivity contribution in [3.63, 3.8) is 0 Å². The van der Waals surface area contributed by atoms with E-state index in [1.54, 1.807) is 12.1 Å². The Kier molecular flexibility index (Phi) is 4.74. The molecule has 6 heteroatoms. The molecule has 1 aromatic rings. The number of carbonyl (C=O) groups is 2. The first-order valence-electron chi connectivity index (χ1n) is 9.99. The van der Waals surface area contributed by atoms with Crippen LogP contribution in [0.1, 0.15) is 52.4 Å². The number of nitrogens with one attached hydrogen (secondary N) is 1. The Morgan fingerprint density at radius 2 is 2.00 bits per heavy atom. The highest BCUT2D eigenvalue weighted by Gasteiger charge is 2.51. The van der Waals surface area contributed by atoms with E-state index >= 15 is 0 Å². The maximum atomic E-state index is 13.3. The summed E-state index contributed by atoms with van der Waals surface area (Å²) in [4.78, 5) is 28.0. The molecule has 1 N–H and O–H groups in total. The molecule has 0 aromatic heterocycles. The van der Waals surface area contributed by atoms with Crippen LogP contribution in [0.3, 0.4) is 0 Å². The minimum Gasteiger partial charge on any atom is -0.454 e. The summed E-state index contributed by atoms with van der Waals surface area (Å²) in [5, 5.41) is 3.04. The Balaban J connectivity index is 1.53. The van der Waals surface area contributed by atoms with Gasteiger partial charge in [-0.1, -0.05) is 26.7 Å². The van der Waals surface area contributed by atoms with Gasteiger partial charge < -0.3 is 19.7 Å². The molecular formula is C21H28N2O4. The molecule has 0 radical (unpaired) electrons. The Hall–Kier alpha value is -2.24. The molecule has 0 spiro atoms. The van der Waals surface area contributed by atoms with Gasteiger partial charge in [0, 0.05) is 24.7 Å². The summed E-state index contributed by atoms with van der Waals surface area (Å²) in [5.74, 6) is 2.30. The maximum Gasteiger partial charge on any atom is 0.250 e. The van der Waals surface area contributed by atoms with E-state index in [2.05, 4.69) is 19.2 Å². The van der Waals surface area contributed by atoms with E-state index in [1.807, 2.05) is 11.0 Å². The van der Waals surface area contributed by atoms with Gasteiger partial charge in [0.15, 0.2) is 11.5 Å². The molecule has 1 aromatic carbocycles. The molecule has 6 nitrogen and oxygen atoms in total. The van der Waals surface area contributed by atoms with E-state index in [4.69, 9.17) is 9.47 Å². The van der Waals surface area contributed by atoms with Crippen molar-refractivity contribution in [3.8, 4) is 11.5 Å². The third-order valence-corrected chi connectivity index (χ3v) is 6.01. The van der Waals surface area contributed by atoms with Gasteiger partial charge in [0.25, 0.3) is 0 Å². The summed E-state index contributed by atoms with van der Waals surface area (Å²) >= 11 is 0. The zero-order chi connectivity index (χ0) is 19.0. The number of hydrogen-bond donors (Lipinski definition) is 1. The Morgan fingerprint density at radius 1 is 1.26 bits per heavy atom. The molecule has 4 rings (SSSR count). The van der Waals surface area contributed by atoms with Crippen LogP contribution in [0.4, 0.5) is 5.69 Å². The number of anilines is 1. The maximum absolute atomic E-state index is 13.3. The monoisotopic (exact) mass is 372 g/mol. The average Bonchev–Trinajstić information content (AvgIpc) is 3.33. The number of fused-ring (bicyclic) bond motifs is 1. The summed E-state index contributed by atoms with van der Waals surface area (Å²) < 4.78 is 10.7. The van der Waals surface area contributed by atoms with Crippen molar-refractivity contribution in [1.29, 1.82) is 0 Å². The summed E-state index contributed by atoms with van der Waals surface area (Å²) in [6.07, 6.45) is 5.03. The van der Waals surface area contributed by atoms with Gasteiger partial charge in [-0.15, -0.1) is 0 Å². The van der Waals surface area contributed by atoms with Crippen LogP contribution in [0.15, 0.2) is 18.2 Å². The Labute approximate surface area is 160 Å². The molecule has 3 aliphatic rings. The fourth-order valence-electron chi connectivity index (χ4n) is 4.82. The SMILES string of the molecule is CC(C)CC1CC(=O)N(C2(C(=O)Nc3ccc4c(c3)OCO4)CCCC2)C1. The number of nitrogens with zero attached hydrogens (tertiary/aromatic N) is 1. The summed E-state index contributed by atoms with van der Waals surface area (Å²) in [6.45, 7) is 5.28. The molecule has 27 heavy (non-hydrogen) atoms. The van der Waals surface area contributed by atoms with Gasteiger partial charge in [-0.3, -0.25) is 9.59 Å². The average molecular weight is 372 g/mol. The van der Waals surface area contributed by atoms with Crippen LogP contribution in [0.2, 0.25) is 0 Å². The summed E-state index contributed by atoms with van der Waals surface area (Å²) in [5.41, 5.74) is -0.0278.